The highest BCUT2D eigenvalue weighted by Crippen LogP contribution is 2.38. The number of hydrogen-bond donors (Lipinski definition) is 2. The summed E-state index contributed by atoms with van der Waals surface area (Å²) >= 11 is 5.27. The maximum atomic E-state index is 12.5. The first-order valence-electron chi connectivity index (χ1n) is 8.76. The summed E-state index contributed by atoms with van der Waals surface area (Å²) in [6.07, 6.45) is 4.23. The Labute approximate surface area is 150 Å². The number of amides is 1. The van der Waals surface area contributed by atoms with Crippen LogP contribution in [0.5, 0.6) is 0 Å². The maximum Gasteiger partial charge on any atom is 0.262 e. The third-order valence-corrected chi connectivity index (χ3v) is 5.57. The van der Waals surface area contributed by atoms with Gasteiger partial charge >= 0.3 is 0 Å². The number of nitrogens with one attached hydrogen (secondary N) is 2. The molecule has 6 nitrogen and oxygen atoms in total. The second-order valence-electron chi connectivity index (χ2n) is 6.86. The van der Waals surface area contributed by atoms with E-state index in [2.05, 4.69) is 10.3 Å². The van der Waals surface area contributed by atoms with Crippen molar-refractivity contribution in [3.8, 4) is 0 Å². The van der Waals surface area contributed by atoms with Crippen molar-refractivity contribution < 1.29 is 9.53 Å². The van der Waals surface area contributed by atoms with Gasteiger partial charge in [0.1, 0.15) is 0 Å². The summed E-state index contributed by atoms with van der Waals surface area (Å²) in [7, 11) is 0. The Hall–Kier alpha value is -1.99. The lowest BCUT2D eigenvalue weighted by Gasteiger charge is -2.18. The van der Waals surface area contributed by atoms with Gasteiger partial charge in [0.25, 0.3) is 5.56 Å². The second-order valence-corrected chi connectivity index (χ2v) is 7.24. The zero-order valence-corrected chi connectivity index (χ0v) is 14.7. The van der Waals surface area contributed by atoms with Gasteiger partial charge in [0.2, 0.25) is 5.91 Å². The van der Waals surface area contributed by atoms with E-state index in [0.29, 0.717) is 34.8 Å². The largest absolute Gasteiger partial charge is 0.375 e. The van der Waals surface area contributed by atoms with Crippen LogP contribution in [0.3, 0.4) is 0 Å². The molecule has 2 aliphatic rings. The predicted molar refractivity (Wildman–Crippen MR) is 97.0 cm³/mol. The number of carbonyl (C=O) groups is 1. The molecule has 0 radical (unpaired) electrons. The maximum absolute atomic E-state index is 12.5. The molecule has 2 aliphatic heterocycles. The summed E-state index contributed by atoms with van der Waals surface area (Å²) in [5.41, 5.74) is 0.558. The van der Waals surface area contributed by atoms with E-state index in [1.807, 2.05) is 18.2 Å². The van der Waals surface area contributed by atoms with Crippen molar-refractivity contribution in [2.45, 2.75) is 44.4 Å². The van der Waals surface area contributed by atoms with Gasteiger partial charge in [-0.05, 0) is 43.6 Å². The number of aromatic nitrogens is 2. The Balaban J connectivity index is 1.38. The molecule has 2 bridgehead atoms. The summed E-state index contributed by atoms with van der Waals surface area (Å²) in [5.74, 6) is 0.367. The molecule has 2 N–H and O–H groups in total. The molecular weight excluding hydrogens is 338 g/mol. The van der Waals surface area contributed by atoms with Gasteiger partial charge in [-0.1, -0.05) is 12.1 Å². The molecule has 1 aromatic carbocycles. The lowest BCUT2D eigenvalue weighted by Crippen LogP contribution is -2.34. The van der Waals surface area contributed by atoms with E-state index in [-0.39, 0.29) is 24.4 Å². The van der Waals surface area contributed by atoms with Crippen LogP contribution in [-0.2, 0) is 16.1 Å². The van der Waals surface area contributed by atoms with Crippen LogP contribution < -0.4 is 10.9 Å². The smallest absolute Gasteiger partial charge is 0.262 e. The molecule has 0 unspecified atom stereocenters. The van der Waals surface area contributed by atoms with Crippen LogP contribution in [0.25, 0.3) is 10.9 Å². The van der Waals surface area contributed by atoms with E-state index >= 15 is 0 Å². The number of aromatic amines is 1. The fourth-order valence-corrected chi connectivity index (χ4v) is 4.19. The SMILES string of the molecule is O=C(CCn1c(=S)[nH]c2ccccc2c1=O)NC[C@@H]1C[C@H]2CC[C@H]1O2. The van der Waals surface area contributed by atoms with E-state index in [4.69, 9.17) is 17.0 Å². The molecule has 25 heavy (non-hydrogen) atoms. The van der Waals surface area contributed by atoms with E-state index in [0.717, 1.165) is 24.8 Å². The molecule has 132 valence electrons. The van der Waals surface area contributed by atoms with Gasteiger partial charge in [-0.25, -0.2) is 0 Å². The standard InChI is InChI=1S/C18H21N3O3S/c22-16(19-10-11-9-12-5-6-15(11)24-12)7-8-21-17(23)13-3-1-2-4-14(13)20-18(21)25/h1-4,11-12,15H,5-10H2,(H,19,22)(H,20,25)/t11-,12+,15+/m0/s1. The van der Waals surface area contributed by atoms with Crippen molar-refractivity contribution in [2.24, 2.45) is 5.92 Å². The molecule has 2 aromatic rings. The van der Waals surface area contributed by atoms with E-state index in [9.17, 15) is 9.59 Å². The van der Waals surface area contributed by atoms with Crippen molar-refractivity contribution in [3.05, 3.63) is 39.4 Å². The van der Waals surface area contributed by atoms with Crippen LogP contribution in [0, 0.1) is 10.7 Å². The number of benzene rings is 1. The van der Waals surface area contributed by atoms with Crippen LogP contribution in [0.2, 0.25) is 0 Å². The molecule has 3 atom stereocenters. The number of fused-ring (bicyclic) bond motifs is 3. The Bertz CT molecular complexity index is 920. The zero-order valence-electron chi connectivity index (χ0n) is 13.9. The Morgan fingerprint density at radius 1 is 1.36 bits per heavy atom. The molecule has 7 heteroatoms. The van der Waals surface area contributed by atoms with Crippen LogP contribution in [0.15, 0.2) is 29.1 Å². The Kier molecular flexibility index (Phi) is 4.43. The molecular formula is C18H21N3O3S. The van der Waals surface area contributed by atoms with Gasteiger partial charge in [0.05, 0.1) is 23.1 Å². The van der Waals surface area contributed by atoms with Gasteiger partial charge in [-0.2, -0.15) is 0 Å². The van der Waals surface area contributed by atoms with Crippen molar-refractivity contribution in [1.82, 2.24) is 14.9 Å². The van der Waals surface area contributed by atoms with Gasteiger partial charge in [0.15, 0.2) is 4.77 Å². The monoisotopic (exact) mass is 359 g/mol. The van der Waals surface area contributed by atoms with Crippen molar-refractivity contribution in [3.63, 3.8) is 0 Å². The summed E-state index contributed by atoms with van der Waals surface area (Å²) in [4.78, 5) is 27.7. The van der Waals surface area contributed by atoms with Crippen molar-refractivity contribution in [2.75, 3.05) is 6.54 Å². The first-order chi connectivity index (χ1) is 12.1. The van der Waals surface area contributed by atoms with E-state index in [1.165, 1.54) is 4.57 Å². The van der Waals surface area contributed by atoms with Crippen molar-refractivity contribution in [1.29, 1.82) is 0 Å². The van der Waals surface area contributed by atoms with Crippen LogP contribution in [-0.4, -0.2) is 34.2 Å². The fourth-order valence-electron chi connectivity index (χ4n) is 3.91. The average molecular weight is 359 g/mol. The number of nitrogens with zero attached hydrogens (tertiary/aromatic N) is 1. The highest BCUT2D eigenvalue weighted by atomic mass is 32.1. The highest BCUT2D eigenvalue weighted by Gasteiger charge is 2.40. The lowest BCUT2D eigenvalue weighted by molar-refractivity contribution is -0.121. The number of rotatable bonds is 5. The van der Waals surface area contributed by atoms with Crippen LogP contribution >= 0.6 is 12.2 Å². The molecule has 4 rings (SSSR count). The van der Waals surface area contributed by atoms with E-state index in [1.54, 1.807) is 6.07 Å². The van der Waals surface area contributed by atoms with Crippen molar-refractivity contribution >= 4 is 29.0 Å². The van der Waals surface area contributed by atoms with Gasteiger partial charge < -0.3 is 15.0 Å². The predicted octanol–water partition coefficient (Wildman–Crippen LogP) is 2.13. The number of ether oxygens (including phenoxy) is 1. The summed E-state index contributed by atoms with van der Waals surface area (Å²) in [6.45, 7) is 0.928. The Morgan fingerprint density at radius 2 is 2.20 bits per heavy atom. The van der Waals surface area contributed by atoms with Gasteiger partial charge in [-0.3, -0.25) is 14.2 Å². The average Bonchev–Trinajstić information content (AvgIpc) is 3.23. The highest BCUT2D eigenvalue weighted by molar-refractivity contribution is 7.71. The minimum Gasteiger partial charge on any atom is -0.375 e. The number of carbonyl (C=O) groups excluding carboxylic acids is 1. The molecule has 0 spiro atoms. The normalized spacial score (nSPS) is 24.7. The molecule has 2 fully saturated rings. The third-order valence-electron chi connectivity index (χ3n) is 5.25. The second kappa shape index (κ2) is 6.72. The Morgan fingerprint density at radius 3 is 2.96 bits per heavy atom. The zero-order chi connectivity index (χ0) is 17.4. The minimum atomic E-state index is -0.159. The molecule has 3 heterocycles. The van der Waals surface area contributed by atoms with Crippen LogP contribution in [0.1, 0.15) is 25.7 Å². The van der Waals surface area contributed by atoms with Gasteiger partial charge in [0, 0.05) is 25.4 Å². The van der Waals surface area contributed by atoms with Crippen LogP contribution in [0.4, 0.5) is 0 Å². The first kappa shape index (κ1) is 16.5. The number of hydrogen-bond acceptors (Lipinski definition) is 4. The molecule has 1 amide bonds. The number of H-pyrrole nitrogens is 1. The van der Waals surface area contributed by atoms with Gasteiger partial charge in [-0.15, -0.1) is 0 Å². The quantitative estimate of drug-likeness (QED) is 0.802. The summed E-state index contributed by atoms with van der Waals surface area (Å²) < 4.78 is 7.61. The minimum absolute atomic E-state index is 0.0581. The first-order valence-corrected chi connectivity index (χ1v) is 9.16. The number of para-hydroxylation sites is 1. The topological polar surface area (TPSA) is 76.1 Å². The summed E-state index contributed by atoms with van der Waals surface area (Å²) in [6, 6.07) is 7.24. The van der Waals surface area contributed by atoms with E-state index < -0.39 is 0 Å². The lowest BCUT2D eigenvalue weighted by atomic mass is 9.89. The molecule has 0 aliphatic carbocycles. The molecule has 0 saturated carbocycles. The third kappa shape index (κ3) is 3.26. The summed E-state index contributed by atoms with van der Waals surface area (Å²) in [5, 5.41) is 3.56. The molecule has 2 saturated heterocycles. The fraction of sp³-hybridized carbons (Fsp3) is 0.500. The molecule has 1 aromatic heterocycles.